The zero-order valence-corrected chi connectivity index (χ0v) is 11.7. The molecule has 0 saturated heterocycles. The second kappa shape index (κ2) is 7.09. The van der Waals surface area contributed by atoms with Gasteiger partial charge in [0.05, 0.1) is 6.42 Å². The van der Waals surface area contributed by atoms with Crippen molar-refractivity contribution in [3.63, 3.8) is 0 Å². The molecular formula is C12H16BrF3N2. The van der Waals surface area contributed by atoms with E-state index in [-0.39, 0.29) is 6.42 Å². The van der Waals surface area contributed by atoms with Gasteiger partial charge in [-0.2, -0.15) is 13.2 Å². The average Bonchev–Trinajstić information content (AvgIpc) is 2.27. The highest BCUT2D eigenvalue weighted by molar-refractivity contribution is 9.10. The predicted molar refractivity (Wildman–Crippen MR) is 68.4 cm³/mol. The number of rotatable bonds is 6. The Kier molecular flexibility index (Phi) is 6.08. The first kappa shape index (κ1) is 15.4. The molecule has 0 radical (unpaired) electrons. The third-order valence-corrected chi connectivity index (χ3v) is 2.87. The SMILES string of the molecule is CCCNC(Cc1ccc(Br)cn1)CC(F)(F)F. The summed E-state index contributed by atoms with van der Waals surface area (Å²) in [7, 11) is 0. The van der Waals surface area contributed by atoms with Gasteiger partial charge in [0.2, 0.25) is 0 Å². The molecule has 1 N–H and O–H groups in total. The molecule has 0 fully saturated rings. The van der Waals surface area contributed by atoms with Crippen LogP contribution in [0.2, 0.25) is 0 Å². The molecule has 1 aromatic rings. The summed E-state index contributed by atoms with van der Waals surface area (Å²) < 4.78 is 38.1. The first-order chi connectivity index (χ1) is 8.40. The summed E-state index contributed by atoms with van der Waals surface area (Å²) in [5.41, 5.74) is 0.663. The summed E-state index contributed by atoms with van der Waals surface area (Å²) in [5, 5.41) is 2.92. The highest BCUT2D eigenvalue weighted by Gasteiger charge is 2.31. The standard InChI is InChI=1S/C12H16BrF3N2/c1-2-5-17-11(7-12(14,15)16)6-10-4-3-9(13)8-18-10/h3-4,8,11,17H,2,5-7H2,1H3. The molecule has 1 rings (SSSR count). The molecular weight excluding hydrogens is 309 g/mol. The minimum absolute atomic E-state index is 0.285. The van der Waals surface area contributed by atoms with Crippen LogP contribution in [0, 0.1) is 0 Å². The fraction of sp³-hybridized carbons (Fsp3) is 0.583. The van der Waals surface area contributed by atoms with Crippen LogP contribution in [0.4, 0.5) is 13.2 Å². The molecule has 102 valence electrons. The van der Waals surface area contributed by atoms with E-state index in [9.17, 15) is 13.2 Å². The van der Waals surface area contributed by atoms with Gasteiger partial charge in [0.25, 0.3) is 0 Å². The summed E-state index contributed by atoms with van der Waals surface area (Å²) in [6, 6.07) is 2.91. The minimum atomic E-state index is -4.15. The Hall–Kier alpha value is -0.620. The summed E-state index contributed by atoms with van der Waals surface area (Å²) in [5.74, 6) is 0. The number of aromatic nitrogens is 1. The molecule has 18 heavy (non-hydrogen) atoms. The van der Waals surface area contributed by atoms with Crippen LogP contribution < -0.4 is 5.32 Å². The van der Waals surface area contributed by atoms with Crippen LogP contribution in [0.1, 0.15) is 25.5 Å². The fourth-order valence-electron chi connectivity index (χ4n) is 1.62. The van der Waals surface area contributed by atoms with Crippen LogP contribution >= 0.6 is 15.9 Å². The smallest absolute Gasteiger partial charge is 0.313 e. The lowest BCUT2D eigenvalue weighted by Gasteiger charge is -2.19. The average molecular weight is 325 g/mol. The van der Waals surface area contributed by atoms with E-state index in [0.717, 1.165) is 10.9 Å². The van der Waals surface area contributed by atoms with Crippen LogP contribution in [-0.4, -0.2) is 23.7 Å². The molecule has 0 aliphatic rings. The lowest BCUT2D eigenvalue weighted by Crippen LogP contribution is -2.36. The van der Waals surface area contributed by atoms with E-state index in [1.54, 1.807) is 18.3 Å². The molecule has 1 unspecified atom stereocenters. The van der Waals surface area contributed by atoms with Crippen molar-refractivity contribution in [3.05, 3.63) is 28.5 Å². The lowest BCUT2D eigenvalue weighted by atomic mass is 10.1. The summed E-state index contributed by atoms with van der Waals surface area (Å²) in [6.45, 7) is 2.51. The maximum Gasteiger partial charge on any atom is 0.390 e. The first-order valence-corrected chi connectivity index (χ1v) is 6.60. The van der Waals surface area contributed by atoms with Crippen LogP contribution in [-0.2, 0) is 6.42 Å². The van der Waals surface area contributed by atoms with Gasteiger partial charge in [-0.1, -0.05) is 6.92 Å². The van der Waals surface area contributed by atoms with Crippen molar-refractivity contribution in [2.45, 2.75) is 38.4 Å². The predicted octanol–water partition coefficient (Wildman–Crippen LogP) is 3.71. The number of hydrogen-bond donors (Lipinski definition) is 1. The Balaban J connectivity index is 2.62. The first-order valence-electron chi connectivity index (χ1n) is 5.81. The number of hydrogen-bond acceptors (Lipinski definition) is 2. The van der Waals surface area contributed by atoms with Gasteiger partial charge in [0.1, 0.15) is 0 Å². The van der Waals surface area contributed by atoms with Crippen LogP contribution in [0.15, 0.2) is 22.8 Å². The van der Waals surface area contributed by atoms with E-state index in [0.29, 0.717) is 12.2 Å². The Morgan fingerprint density at radius 1 is 1.39 bits per heavy atom. The maximum atomic E-state index is 12.4. The summed E-state index contributed by atoms with van der Waals surface area (Å²) in [4.78, 5) is 4.10. The second-order valence-corrected chi connectivity index (χ2v) is 5.06. The van der Waals surface area contributed by atoms with Gasteiger partial charge >= 0.3 is 6.18 Å². The van der Waals surface area contributed by atoms with E-state index < -0.39 is 18.6 Å². The van der Waals surface area contributed by atoms with Crippen molar-refractivity contribution in [1.29, 1.82) is 0 Å². The summed E-state index contributed by atoms with van der Waals surface area (Å²) in [6.07, 6.45) is -2.29. The van der Waals surface area contributed by atoms with E-state index >= 15 is 0 Å². The topological polar surface area (TPSA) is 24.9 Å². The van der Waals surface area contributed by atoms with Gasteiger partial charge in [-0.15, -0.1) is 0 Å². The second-order valence-electron chi connectivity index (χ2n) is 4.14. The molecule has 6 heteroatoms. The molecule has 0 amide bonds. The summed E-state index contributed by atoms with van der Waals surface area (Å²) >= 11 is 3.24. The lowest BCUT2D eigenvalue weighted by molar-refractivity contribution is -0.139. The van der Waals surface area contributed by atoms with Crippen molar-refractivity contribution in [3.8, 4) is 0 Å². The molecule has 0 aliphatic heterocycles. The number of halogens is 4. The highest BCUT2D eigenvalue weighted by atomic mass is 79.9. The molecule has 1 aromatic heterocycles. The number of pyridine rings is 1. The molecule has 1 heterocycles. The largest absolute Gasteiger partial charge is 0.390 e. The highest BCUT2D eigenvalue weighted by Crippen LogP contribution is 2.23. The van der Waals surface area contributed by atoms with Crippen LogP contribution in [0.25, 0.3) is 0 Å². The van der Waals surface area contributed by atoms with Gasteiger partial charge in [0.15, 0.2) is 0 Å². The number of alkyl halides is 3. The maximum absolute atomic E-state index is 12.4. The fourth-order valence-corrected chi connectivity index (χ4v) is 1.86. The molecule has 0 bridgehead atoms. The van der Waals surface area contributed by atoms with Crippen molar-refractivity contribution in [2.24, 2.45) is 0 Å². The molecule has 0 aromatic carbocycles. The van der Waals surface area contributed by atoms with Crippen molar-refractivity contribution in [1.82, 2.24) is 10.3 Å². The monoisotopic (exact) mass is 324 g/mol. The Bertz CT molecular complexity index is 351. The number of nitrogens with zero attached hydrogens (tertiary/aromatic N) is 1. The Morgan fingerprint density at radius 3 is 2.61 bits per heavy atom. The normalized spacial score (nSPS) is 13.6. The molecule has 2 nitrogen and oxygen atoms in total. The minimum Gasteiger partial charge on any atom is -0.313 e. The molecule has 0 aliphatic carbocycles. The van der Waals surface area contributed by atoms with E-state index in [2.05, 4.69) is 26.2 Å². The van der Waals surface area contributed by atoms with Gasteiger partial charge in [-0.25, -0.2) is 0 Å². The quantitative estimate of drug-likeness (QED) is 0.862. The van der Waals surface area contributed by atoms with Gasteiger partial charge in [-0.3, -0.25) is 4.98 Å². The third kappa shape index (κ3) is 6.35. The Labute approximate surface area is 113 Å². The van der Waals surface area contributed by atoms with Crippen molar-refractivity contribution < 1.29 is 13.2 Å². The van der Waals surface area contributed by atoms with E-state index in [1.165, 1.54) is 0 Å². The van der Waals surface area contributed by atoms with Crippen molar-refractivity contribution in [2.75, 3.05) is 6.54 Å². The zero-order valence-electron chi connectivity index (χ0n) is 10.1. The molecule has 1 atom stereocenters. The zero-order chi connectivity index (χ0) is 13.6. The van der Waals surface area contributed by atoms with E-state index in [4.69, 9.17) is 0 Å². The van der Waals surface area contributed by atoms with Crippen molar-refractivity contribution >= 4 is 15.9 Å². The van der Waals surface area contributed by atoms with E-state index in [1.807, 2.05) is 6.92 Å². The van der Waals surface area contributed by atoms with Gasteiger partial charge < -0.3 is 5.32 Å². The Morgan fingerprint density at radius 2 is 2.11 bits per heavy atom. The van der Waals surface area contributed by atoms with Crippen LogP contribution in [0.3, 0.4) is 0 Å². The van der Waals surface area contributed by atoms with Gasteiger partial charge in [0, 0.05) is 28.8 Å². The number of nitrogens with one attached hydrogen (secondary N) is 1. The van der Waals surface area contributed by atoms with Gasteiger partial charge in [-0.05, 0) is 41.0 Å². The molecule has 0 saturated carbocycles. The van der Waals surface area contributed by atoms with Crippen LogP contribution in [0.5, 0.6) is 0 Å². The molecule has 0 spiro atoms. The third-order valence-electron chi connectivity index (χ3n) is 2.41.